The van der Waals surface area contributed by atoms with E-state index in [9.17, 15) is 9.90 Å². The lowest BCUT2D eigenvalue weighted by Crippen LogP contribution is -2.57. The largest absolute Gasteiger partial charge is 0.480 e. The van der Waals surface area contributed by atoms with Gasteiger partial charge in [0.1, 0.15) is 5.54 Å². The number of likely N-dealkylation sites (tertiary alicyclic amines) is 1. The molecule has 4 nitrogen and oxygen atoms in total. The molecule has 1 aromatic rings. The highest BCUT2D eigenvalue weighted by Crippen LogP contribution is 2.31. The number of carboxylic acids is 1. The molecule has 1 aromatic carbocycles. The second kappa shape index (κ2) is 9.98. The Labute approximate surface area is 167 Å². The van der Waals surface area contributed by atoms with Crippen molar-refractivity contribution in [2.45, 2.75) is 50.4 Å². The molecule has 2 radical (unpaired) electrons. The molecule has 1 aliphatic heterocycles. The van der Waals surface area contributed by atoms with Gasteiger partial charge in [0, 0.05) is 16.6 Å². The summed E-state index contributed by atoms with van der Waals surface area (Å²) >= 11 is 12.2. The summed E-state index contributed by atoms with van der Waals surface area (Å²) in [4.78, 5) is 14.1. The normalized spacial score (nSPS) is 18.6. The molecule has 142 valence electrons. The summed E-state index contributed by atoms with van der Waals surface area (Å²) in [5.41, 5.74) is 6.26. The predicted octanol–water partition coefficient (Wildman–Crippen LogP) is 3.79. The highest BCUT2D eigenvalue weighted by molar-refractivity contribution is 6.35. The van der Waals surface area contributed by atoms with Crippen molar-refractivity contribution in [3.8, 4) is 0 Å². The molecule has 1 aliphatic rings. The molecule has 7 heteroatoms. The Bertz CT molecular complexity index is 609. The number of carbonyl (C=O) groups is 1. The van der Waals surface area contributed by atoms with Crippen molar-refractivity contribution >= 4 is 37.0 Å². The van der Waals surface area contributed by atoms with Crippen molar-refractivity contribution in [1.29, 1.82) is 0 Å². The van der Waals surface area contributed by atoms with Gasteiger partial charge in [-0.1, -0.05) is 48.4 Å². The summed E-state index contributed by atoms with van der Waals surface area (Å²) in [7, 11) is 5.52. The van der Waals surface area contributed by atoms with Crippen LogP contribution in [0.5, 0.6) is 0 Å². The van der Waals surface area contributed by atoms with Crippen LogP contribution in [0, 0.1) is 5.92 Å². The van der Waals surface area contributed by atoms with Crippen molar-refractivity contribution < 1.29 is 9.90 Å². The molecule has 1 heterocycles. The molecule has 0 saturated carbocycles. The Balaban J connectivity index is 1.86. The number of nitrogens with zero attached hydrogens (tertiary/aromatic N) is 1. The second-order valence-corrected chi connectivity index (χ2v) is 8.04. The Morgan fingerprint density at radius 3 is 2.58 bits per heavy atom. The van der Waals surface area contributed by atoms with E-state index in [1.807, 2.05) is 12.1 Å². The number of aliphatic carboxylic acids is 1. The number of benzene rings is 1. The molecule has 1 saturated heterocycles. The molecule has 0 aromatic heterocycles. The van der Waals surface area contributed by atoms with Crippen LogP contribution in [0.3, 0.4) is 0 Å². The summed E-state index contributed by atoms with van der Waals surface area (Å²) in [5.74, 6) is -0.880. The zero-order chi connectivity index (χ0) is 19.2. The Hall–Kier alpha value is -0.745. The fourth-order valence-electron chi connectivity index (χ4n) is 3.72. The number of carboxylic acid groups (broad SMARTS) is 1. The van der Waals surface area contributed by atoms with E-state index < -0.39 is 11.5 Å². The van der Waals surface area contributed by atoms with Gasteiger partial charge in [-0.3, -0.25) is 4.79 Å². The van der Waals surface area contributed by atoms with Crippen molar-refractivity contribution in [2.24, 2.45) is 11.7 Å². The van der Waals surface area contributed by atoms with Gasteiger partial charge in [-0.25, -0.2) is 0 Å². The van der Waals surface area contributed by atoms with Gasteiger partial charge < -0.3 is 15.7 Å². The van der Waals surface area contributed by atoms with E-state index in [2.05, 4.69) is 4.90 Å². The number of halogens is 2. The molecule has 26 heavy (non-hydrogen) atoms. The fourth-order valence-corrected chi connectivity index (χ4v) is 4.23. The average molecular weight is 397 g/mol. The SMILES string of the molecule is [B]CCCCC(N)(C(=O)O)C1CCN(CCc2ccc(Cl)cc2Cl)CC1. The molecular formula is C19H27BCl2N2O2. The minimum absolute atomic E-state index is 0.00754. The van der Waals surface area contributed by atoms with E-state index in [4.69, 9.17) is 36.8 Å². The minimum atomic E-state index is -1.14. The molecule has 1 atom stereocenters. The van der Waals surface area contributed by atoms with Crippen LogP contribution in [0.25, 0.3) is 0 Å². The average Bonchev–Trinajstić information content (AvgIpc) is 2.61. The third-order valence-corrected chi connectivity index (χ3v) is 6.06. The van der Waals surface area contributed by atoms with E-state index >= 15 is 0 Å². The number of rotatable bonds is 9. The standard InChI is InChI=1S/C19H27BCl2N2O2/c20-9-2-1-8-19(23,18(25)26)15-6-11-24(12-7-15)10-5-14-3-4-16(21)13-17(14)22/h3-4,13,15H,1-2,5-12,23H2,(H,25,26). The van der Waals surface area contributed by atoms with Crippen LogP contribution < -0.4 is 5.73 Å². The molecule has 0 aliphatic carbocycles. The van der Waals surface area contributed by atoms with Gasteiger partial charge in [-0.2, -0.15) is 0 Å². The first-order chi connectivity index (χ1) is 12.4. The number of hydrogen-bond donors (Lipinski definition) is 2. The molecular weight excluding hydrogens is 370 g/mol. The first-order valence-electron chi connectivity index (χ1n) is 9.25. The number of nitrogens with two attached hydrogens (primary N) is 1. The van der Waals surface area contributed by atoms with E-state index in [1.54, 1.807) is 6.07 Å². The van der Waals surface area contributed by atoms with Crippen molar-refractivity contribution in [3.05, 3.63) is 33.8 Å². The molecule has 0 amide bonds. The zero-order valence-electron chi connectivity index (χ0n) is 15.1. The Kier molecular flexibility index (Phi) is 8.27. The first-order valence-corrected chi connectivity index (χ1v) is 10.0. The summed E-state index contributed by atoms with van der Waals surface area (Å²) < 4.78 is 0. The van der Waals surface area contributed by atoms with E-state index in [-0.39, 0.29) is 5.92 Å². The maximum Gasteiger partial charge on any atom is 0.323 e. The lowest BCUT2D eigenvalue weighted by molar-refractivity contribution is -0.147. The van der Waals surface area contributed by atoms with Crippen LogP contribution in [0.4, 0.5) is 0 Å². The summed E-state index contributed by atoms with van der Waals surface area (Å²) in [6, 6.07) is 5.58. The molecule has 0 spiro atoms. The van der Waals surface area contributed by atoms with Crippen LogP contribution in [0.15, 0.2) is 18.2 Å². The summed E-state index contributed by atoms with van der Waals surface area (Å²) in [6.45, 7) is 2.61. The first kappa shape index (κ1) is 21.6. The number of hydrogen-bond acceptors (Lipinski definition) is 3. The fraction of sp³-hybridized carbons (Fsp3) is 0.632. The van der Waals surface area contributed by atoms with Gasteiger partial charge in [0.15, 0.2) is 0 Å². The van der Waals surface area contributed by atoms with Crippen molar-refractivity contribution in [1.82, 2.24) is 4.90 Å². The summed E-state index contributed by atoms with van der Waals surface area (Å²) in [6.07, 6.45) is 5.09. The van der Waals surface area contributed by atoms with Gasteiger partial charge in [0.2, 0.25) is 0 Å². The maximum atomic E-state index is 11.8. The highest BCUT2D eigenvalue weighted by atomic mass is 35.5. The van der Waals surface area contributed by atoms with Gasteiger partial charge >= 0.3 is 5.97 Å². The van der Waals surface area contributed by atoms with Gasteiger partial charge in [0.05, 0.1) is 7.85 Å². The van der Waals surface area contributed by atoms with Gasteiger partial charge in [0.25, 0.3) is 0 Å². The van der Waals surface area contributed by atoms with E-state index in [0.29, 0.717) is 22.8 Å². The quantitative estimate of drug-likeness (QED) is 0.492. The van der Waals surface area contributed by atoms with Crippen LogP contribution >= 0.6 is 23.2 Å². The van der Waals surface area contributed by atoms with Crippen LogP contribution in [-0.4, -0.2) is 49.0 Å². The van der Waals surface area contributed by atoms with Gasteiger partial charge in [-0.05, 0) is 62.4 Å². The van der Waals surface area contributed by atoms with Crippen LogP contribution in [-0.2, 0) is 11.2 Å². The predicted molar refractivity (Wildman–Crippen MR) is 108 cm³/mol. The van der Waals surface area contributed by atoms with Crippen LogP contribution in [0.1, 0.15) is 37.7 Å². The third-order valence-electron chi connectivity index (χ3n) is 5.47. The second-order valence-electron chi connectivity index (χ2n) is 7.19. The molecule has 0 bridgehead atoms. The van der Waals surface area contributed by atoms with E-state index in [0.717, 1.165) is 57.3 Å². The minimum Gasteiger partial charge on any atom is -0.480 e. The summed E-state index contributed by atoms with van der Waals surface area (Å²) in [5, 5.41) is 11.0. The number of unbranched alkanes of at least 4 members (excludes halogenated alkanes) is 1. The molecule has 2 rings (SSSR count). The highest BCUT2D eigenvalue weighted by Gasteiger charge is 2.42. The topological polar surface area (TPSA) is 66.6 Å². The van der Waals surface area contributed by atoms with Crippen molar-refractivity contribution in [3.63, 3.8) is 0 Å². The number of piperidine rings is 1. The van der Waals surface area contributed by atoms with Crippen molar-refractivity contribution in [2.75, 3.05) is 19.6 Å². The van der Waals surface area contributed by atoms with E-state index in [1.165, 1.54) is 0 Å². The lowest BCUT2D eigenvalue weighted by Gasteiger charge is -2.40. The zero-order valence-corrected chi connectivity index (χ0v) is 16.6. The Morgan fingerprint density at radius 2 is 2.00 bits per heavy atom. The smallest absolute Gasteiger partial charge is 0.323 e. The third kappa shape index (κ3) is 5.62. The molecule has 1 fully saturated rings. The molecule has 1 unspecified atom stereocenters. The monoisotopic (exact) mass is 396 g/mol. The van der Waals surface area contributed by atoms with Gasteiger partial charge in [-0.15, -0.1) is 0 Å². The lowest BCUT2D eigenvalue weighted by atomic mass is 9.75. The molecule has 3 N–H and O–H groups in total. The Morgan fingerprint density at radius 1 is 1.31 bits per heavy atom. The van der Waals surface area contributed by atoms with Crippen LogP contribution in [0.2, 0.25) is 16.4 Å². The maximum absolute atomic E-state index is 11.8.